The van der Waals surface area contributed by atoms with E-state index in [0.717, 1.165) is 17.6 Å². The zero-order valence-corrected chi connectivity index (χ0v) is 21.5. The summed E-state index contributed by atoms with van der Waals surface area (Å²) in [5.41, 5.74) is -0.0876. The molecular formula is C24H32ClF2N2O2PS. The number of hydrogen-bond donors (Lipinski definition) is 1. The fourth-order valence-electron chi connectivity index (χ4n) is 3.18. The predicted molar refractivity (Wildman–Crippen MR) is 140 cm³/mol. The van der Waals surface area contributed by atoms with Crippen molar-refractivity contribution < 1.29 is 18.4 Å². The molecule has 0 aromatic carbocycles. The number of unbranched alkanes of at least 4 members (excludes halogenated alkanes) is 1. The Balaban J connectivity index is 2.95. The molecule has 1 N–H and O–H groups in total. The zero-order chi connectivity index (χ0) is 24.7. The molecule has 0 saturated heterocycles. The van der Waals surface area contributed by atoms with Crippen LogP contribution in [0.5, 0.6) is 0 Å². The number of halogens is 3. The van der Waals surface area contributed by atoms with Crippen molar-refractivity contribution in [3.63, 3.8) is 0 Å². The topological polar surface area (TPSA) is 58.5 Å². The Morgan fingerprint density at radius 3 is 2.76 bits per heavy atom. The molecule has 1 heterocycles. The number of nitrogens with one attached hydrogen (secondary N) is 1. The van der Waals surface area contributed by atoms with Gasteiger partial charge < -0.3 is 5.32 Å². The minimum atomic E-state index is -2.79. The molecule has 0 bridgehead atoms. The molecule has 1 aliphatic heterocycles. The van der Waals surface area contributed by atoms with E-state index in [1.165, 1.54) is 32.6 Å². The molecule has 0 radical (unpaired) electrons. The van der Waals surface area contributed by atoms with E-state index in [4.69, 9.17) is 11.6 Å². The van der Waals surface area contributed by atoms with Crippen LogP contribution in [0.1, 0.15) is 39.0 Å². The van der Waals surface area contributed by atoms with Gasteiger partial charge in [0.05, 0.1) is 5.70 Å². The summed E-state index contributed by atoms with van der Waals surface area (Å²) in [4.78, 5) is 28.9. The van der Waals surface area contributed by atoms with Crippen molar-refractivity contribution in [2.75, 3.05) is 12.3 Å². The number of allylic oxidation sites excluding steroid dienone is 4. The number of aliphatic imine (C=N–C) groups is 1. The van der Waals surface area contributed by atoms with Crippen LogP contribution in [0.15, 0.2) is 63.7 Å². The van der Waals surface area contributed by atoms with E-state index in [0.29, 0.717) is 36.4 Å². The van der Waals surface area contributed by atoms with E-state index in [1.807, 2.05) is 19.1 Å². The Morgan fingerprint density at radius 2 is 2.21 bits per heavy atom. The molecule has 1 rings (SSSR count). The van der Waals surface area contributed by atoms with Crippen LogP contribution in [-0.4, -0.2) is 36.4 Å². The van der Waals surface area contributed by atoms with Crippen LogP contribution in [0.2, 0.25) is 0 Å². The molecule has 182 valence electrons. The molecule has 0 aromatic heterocycles. The SMILES string of the molecule is C=C[C@@H](/C(=C/C(=O)NCC1=CC=C(C=O)CS1)N=CCCCC(F)(F)P)C(CC)CC=CCl. The number of rotatable bonds is 15. The first-order valence-corrected chi connectivity index (χ1v) is 12.8. The predicted octanol–water partition coefficient (Wildman–Crippen LogP) is 6.42. The summed E-state index contributed by atoms with van der Waals surface area (Å²) in [6.45, 7) is 6.31. The van der Waals surface area contributed by atoms with E-state index >= 15 is 0 Å². The van der Waals surface area contributed by atoms with Crippen LogP contribution in [-0.2, 0) is 9.59 Å². The number of nitrogens with zero attached hydrogens (tertiary/aromatic N) is 1. The molecule has 0 saturated carbocycles. The molecule has 0 aromatic rings. The summed E-state index contributed by atoms with van der Waals surface area (Å²) in [6.07, 6.45) is 13.0. The molecule has 0 aliphatic carbocycles. The molecule has 9 heteroatoms. The van der Waals surface area contributed by atoms with Crippen molar-refractivity contribution in [2.24, 2.45) is 16.8 Å². The zero-order valence-electron chi connectivity index (χ0n) is 18.8. The fourth-order valence-corrected chi connectivity index (χ4v) is 4.34. The van der Waals surface area contributed by atoms with Crippen LogP contribution in [0.3, 0.4) is 0 Å². The van der Waals surface area contributed by atoms with Gasteiger partial charge in [0.25, 0.3) is 5.66 Å². The largest absolute Gasteiger partial charge is 0.348 e. The second-order valence-corrected chi connectivity index (χ2v) is 9.76. The molecular weight excluding hydrogens is 485 g/mol. The van der Waals surface area contributed by atoms with Crippen molar-refractivity contribution in [1.82, 2.24) is 5.32 Å². The summed E-state index contributed by atoms with van der Waals surface area (Å²) in [7, 11) is 1.54. The van der Waals surface area contributed by atoms with Gasteiger partial charge in [-0.15, -0.1) is 18.3 Å². The minimum Gasteiger partial charge on any atom is -0.348 e. The number of thioether (sulfide) groups is 1. The van der Waals surface area contributed by atoms with Gasteiger partial charge in [0.15, 0.2) is 0 Å². The minimum absolute atomic E-state index is 0.133. The van der Waals surface area contributed by atoms with Gasteiger partial charge in [-0.1, -0.05) is 58.5 Å². The highest BCUT2D eigenvalue weighted by atomic mass is 35.5. The van der Waals surface area contributed by atoms with Crippen LogP contribution in [0, 0.1) is 11.8 Å². The molecule has 0 spiro atoms. The molecule has 2 unspecified atom stereocenters. The lowest BCUT2D eigenvalue weighted by Gasteiger charge is -2.23. The first-order chi connectivity index (χ1) is 15.7. The van der Waals surface area contributed by atoms with Crippen molar-refractivity contribution in [1.29, 1.82) is 0 Å². The molecule has 1 aliphatic rings. The van der Waals surface area contributed by atoms with Gasteiger partial charge in [0, 0.05) is 52.9 Å². The summed E-state index contributed by atoms with van der Waals surface area (Å²) in [6, 6.07) is 0. The highest BCUT2D eigenvalue weighted by Gasteiger charge is 2.22. The summed E-state index contributed by atoms with van der Waals surface area (Å²) in [5.74, 6) is 0.208. The van der Waals surface area contributed by atoms with Gasteiger partial charge in [0.1, 0.15) is 6.29 Å². The Kier molecular flexibility index (Phi) is 14.4. The summed E-state index contributed by atoms with van der Waals surface area (Å²) in [5, 5.41) is 2.85. The number of alkyl halides is 2. The third-order valence-electron chi connectivity index (χ3n) is 5.01. The second-order valence-electron chi connectivity index (χ2n) is 7.56. The Labute approximate surface area is 207 Å². The first-order valence-electron chi connectivity index (χ1n) is 10.8. The average molecular weight is 517 g/mol. The van der Waals surface area contributed by atoms with Crippen LogP contribution in [0.4, 0.5) is 8.78 Å². The maximum Gasteiger partial charge on any atom is 0.259 e. The van der Waals surface area contributed by atoms with E-state index < -0.39 is 5.66 Å². The van der Waals surface area contributed by atoms with Crippen molar-refractivity contribution in [3.8, 4) is 0 Å². The van der Waals surface area contributed by atoms with Crippen molar-refractivity contribution in [2.45, 2.75) is 44.7 Å². The number of aldehydes is 1. The monoisotopic (exact) mass is 516 g/mol. The summed E-state index contributed by atoms with van der Waals surface area (Å²) < 4.78 is 26.0. The van der Waals surface area contributed by atoms with E-state index in [9.17, 15) is 18.4 Å². The molecule has 4 nitrogen and oxygen atoms in total. The quantitative estimate of drug-likeness (QED) is 0.0682. The van der Waals surface area contributed by atoms with E-state index in [-0.39, 0.29) is 30.6 Å². The lowest BCUT2D eigenvalue weighted by atomic mass is 9.84. The normalized spacial score (nSPS) is 16.9. The van der Waals surface area contributed by atoms with Gasteiger partial charge in [-0.05, 0) is 25.2 Å². The van der Waals surface area contributed by atoms with Crippen LogP contribution in [0.25, 0.3) is 0 Å². The van der Waals surface area contributed by atoms with Gasteiger partial charge in [0.2, 0.25) is 5.91 Å². The highest BCUT2D eigenvalue weighted by molar-refractivity contribution is 8.03. The Hall–Kier alpha value is -1.56. The number of hydrogen-bond acceptors (Lipinski definition) is 4. The van der Waals surface area contributed by atoms with Crippen LogP contribution >= 0.6 is 32.6 Å². The van der Waals surface area contributed by atoms with Gasteiger partial charge >= 0.3 is 0 Å². The highest BCUT2D eigenvalue weighted by Crippen LogP contribution is 2.30. The maximum atomic E-state index is 13.0. The number of amides is 1. The third kappa shape index (κ3) is 12.5. The molecule has 33 heavy (non-hydrogen) atoms. The molecule has 0 fully saturated rings. The van der Waals surface area contributed by atoms with Crippen LogP contribution < -0.4 is 5.32 Å². The Morgan fingerprint density at radius 1 is 1.45 bits per heavy atom. The lowest BCUT2D eigenvalue weighted by molar-refractivity contribution is -0.116. The lowest BCUT2D eigenvalue weighted by Crippen LogP contribution is -2.25. The van der Waals surface area contributed by atoms with Gasteiger partial charge in [-0.25, -0.2) is 8.78 Å². The standard InChI is InChI=1S/C24H32ClF2N2O2PS/c1-3-19(8-7-12-25)21(4-2)22(28-13-6-5-11-24(26,27)32)14-23(31)29-15-20-10-9-18(16-30)17-33-20/h4,7,9-10,12-14,16,19,21H,2-3,5-6,8,11,15,17,32H2,1H3,(H,29,31)/b12-7?,22-14-,28-13?/t19?,21-/m1/s1. The van der Waals surface area contributed by atoms with Crippen molar-refractivity contribution >= 4 is 51.0 Å². The van der Waals surface area contributed by atoms with Gasteiger partial charge in [-0.3, -0.25) is 14.6 Å². The molecule has 3 atom stereocenters. The third-order valence-corrected chi connectivity index (χ3v) is 6.61. The first kappa shape index (κ1) is 29.5. The Bertz CT molecular complexity index is 820. The second kappa shape index (κ2) is 16.1. The van der Waals surface area contributed by atoms with E-state index in [1.54, 1.807) is 18.4 Å². The van der Waals surface area contributed by atoms with Crippen molar-refractivity contribution in [3.05, 3.63) is 58.7 Å². The average Bonchev–Trinajstić information content (AvgIpc) is 2.79. The summed E-state index contributed by atoms with van der Waals surface area (Å²) >= 11 is 7.20. The number of carbonyl (C=O) groups excluding carboxylic acids is 2. The maximum absolute atomic E-state index is 13.0. The molecule has 1 amide bonds. The fraction of sp³-hybridized carbons (Fsp3) is 0.458. The number of carbonyl (C=O) groups is 2. The van der Waals surface area contributed by atoms with E-state index in [2.05, 4.69) is 16.9 Å². The smallest absolute Gasteiger partial charge is 0.259 e. The van der Waals surface area contributed by atoms with Gasteiger partial charge in [-0.2, -0.15) is 0 Å².